The zero-order valence-corrected chi connectivity index (χ0v) is 32.5. The molecule has 0 aromatic heterocycles. The van der Waals surface area contributed by atoms with E-state index in [0.717, 1.165) is 30.4 Å². The van der Waals surface area contributed by atoms with Crippen LogP contribution < -0.4 is 0 Å². The highest BCUT2D eigenvalue weighted by Gasteiger charge is 2.55. The number of rotatable bonds is 22. The fraction of sp³-hybridized carbons (Fsp3) is 0.484. The van der Waals surface area contributed by atoms with E-state index in [2.05, 4.69) is 6.07 Å². The molecular formula is C31H49NO10Si4. The molecule has 0 spiro atoms. The lowest BCUT2D eigenvalue weighted by molar-refractivity contribution is -0.115. The highest BCUT2D eigenvalue weighted by Crippen LogP contribution is 2.31. The molecule has 0 aliphatic rings. The van der Waals surface area contributed by atoms with Crippen molar-refractivity contribution in [3.63, 3.8) is 0 Å². The fourth-order valence-corrected chi connectivity index (χ4v) is 19.6. The Bertz CT molecular complexity index is 1230. The van der Waals surface area contributed by atoms with Crippen LogP contribution in [0.3, 0.4) is 0 Å². The molecule has 0 N–H and O–H groups in total. The molecule has 15 heteroatoms. The Morgan fingerprint density at radius 3 is 1.50 bits per heavy atom. The molecule has 1 atom stereocenters. The number of allylic oxidation sites excluding steroid dienone is 1. The summed E-state index contributed by atoms with van der Waals surface area (Å²) in [6.07, 6.45) is 3.26. The maximum atomic E-state index is 13.4. The monoisotopic (exact) mass is 707 g/mol. The van der Waals surface area contributed by atoms with Crippen molar-refractivity contribution in [3.05, 3.63) is 77.4 Å². The molecule has 0 aliphatic carbocycles. The van der Waals surface area contributed by atoms with Crippen molar-refractivity contribution in [2.24, 2.45) is 0 Å². The molecule has 11 nitrogen and oxygen atoms in total. The Hall–Kier alpha value is -2.15. The van der Waals surface area contributed by atoms with E-state index < -0.39 is 35.2 Å². The first-order valence-corrected chi connectivity index (χ1v) is 23.7. The van der Waals surface area contributed by atoms with Crippen LogP contribution in [0.1, 0.15) is 43.2 Å². The van der Waals surface area contributed by atoms with Gasteiger partial charge in [-0.2, -0.15) is 5.26 Å². The van der Waals surface area contributed by atoms with Gasteiger partial charge in [0.2, 0.25) is 0 Å². The molecule has 0 bridgehead atoms. The number of ketones is 1. The summed E-state index contributed by atoms with van der Waals surface area (Å²) in [5.41, 5.74) is 2.50. The van der Waals surface area contributed by atoms with Crippen LogP contribution in [-0.4, -0.2) is 83.7 Å². The highest BCUT2D eigenvalue weighted by molar-refractivity contribution is 6.85. The minimum Gasteiger partial charge on any atom is -0.416 e. The largest absolute Gasteiger partial charge is 0.669 e. The van der Waals surface area contributed by atoms with Crippen molar-refractivity contribution >= 4 is 46.6 Å². The molecular weight excluding hydrogens is 659 g/mol. The zero-order valence-electron chi connectivity index (χ0n) is 28.5. The normalized spacial score (nSPS) is 13.6. The van der Waals surface area contributed by atoms with Crippen molar-refractivity contribution in [2.75, 3.05) is 42.7 Å². The number of nitriles is 1. The van der Waals surface area contributed by atoms with Gasteiger partial charge in [0, 0.05) is 54.7 Å². The first-order chi connectivity index (χ1) is 21.9. The van der Waals surface area contributed by atoms with Crippen molar-refractivity contribution in [1.29, 1.82) is 5.26 Å². The van der Waals surface area contributed by atoms with Crippen molar-refractivity contribution in [1.82, 2.24) is 0 Å². The van der Waals surface area contributed by atoms with Crippen molar-refractivity contribution in [2.45, 2.75) is 57.8 Å². The molecule has 0 aliphatic heterocycles. The standard InChI is InChI=1S/C31H49NO10Si4/c1-34-45(35-2,36-3)41-43(7,8)40-44(9,42-46(37-4,38-5)39-6)25-19-11-10-18-24-30(33)29(26-32)31(27-20-14-12-15-21-27)28-22-16-13-17-23-28/h12-17,20-23H,10-11,18-19,24-25H2,1-9H3. The van der Waals surface area contributed by atoms with Gasteiger partial charge in [0.25, 0.3) is 0 Å². The van der Waals surface area contributed by atoms with Gasteiger partial charge in [0.05, 0.1) is 0 Å². The second-order valence-corrected chi connectivity index (χ2v) is 23.5. The number of nitrogens with zero attached hydrogens (tertiary/aromatic N) is 1. The second-order valence-electron chi connectivity index (χ2n) is 11.0. The van der Waals surface area contributed by atoms with Gasteiger partial charge in [-0.15, -0.1) is 0 Å². The van der Waals surface area contributed by atoms with Crippen molar-refractivity contribution < 1.29 is 43.7 Å². The van der Waals surface area contributed by atoms with Gasteiger partial charge in [-0.25, -0.2) is 0 Å². The van der Waals surface area contributed by atoms with Gasteiger partial charge in [-0.3, -0.25) is 4.79 Å². The fourth-order valence-electron chi connectivity index (χ4n) is 5.11. The van der Waals surface area contributed by atoms with Gasteiger partial charge in [-0.1, -0.05) is 79.9 Å². The summed E-state index contributed by atoms with van der Waals surface area (Å²) in [6.45, 7) is 5.68. The van der Waals surface area contributed by atoms with Crippen LogP contribution in [0.5, 0.6) is 0 Å². The maximum Gasteiger partial charge on any atom is 0.669 e. The summed E-state index contributed by atoms with van der Waals surface area (Å²) in [7, 11) is -4.02. The molecule has 0 radical (unpaired) electrons. The minimum atomic E-state index is -3.47. The topological polar surface area (TPSA) is 124 Å². The smallest absolute Gasteiger partial charge is 0.416 e. The van der Waals surface area contributed by atoms with Crippen LogP contribution >= 0.6 is 0 Å². The lowest BCUT2D eigenvalue weighted by Gasteiger charge is -2.40. The third-order valence-electron chi connectivity index (χ3n) is 7.22. The number of unbranched alkanes of at least 4 members (excludes halogenated alkanes) is 3. The summed E-state index contributed by atoms with van der Waals surface area (Å²) in [5.74, 6) is -0.167. The summed E-state index contributed by atoms with van der Waals surface area (Å²) < 4.78 is 52.5. The van der Waals surface area contributed by atoms with Gasteiger partial charge in [-0.05, 0) is 43.2 Å². The number of carbonyl (C=O) groups is 1. The molecule has 2 aromatic rings. The van der Waals surface area contributed by atoms with Crippen molar-refractivity contribution in [3.8, 4) is 6.07 Å². The lowest BCUT2D eigenvalue weighted by atomic mass is 9.90. The number of hydrogen-bond acceptors (Lipinski definition) is 11. The Labute approximate surface area is 278 Å². The molecule has 1 unspecified atom stereocenters. The van der Waals surface area contributed by atoms with Gasteiger partial charge < -0.3 is 38.9 Å². The second kappa shape index (κ2) is 19.0. The Morgan fingerprint density at radius 1 is 0.630 bits per heavy atom. The summed E-state index contributed by atoms with van der Waals surface area (Å²) in [4.78, 5) is 13.4. The van der Waals surface area contributed by atoms with Gasteiger partial charge >= 0.3 is 35.2 Å². The predicted octanol–water partition coefficient (Wildman–Crippen LogP) is 6.10. The molecule has 0 heterocycles. The predicted molar refractivity (Wildman–Crippen MR) is 183 cm³/mol. The van der Waals surface area contributed by atoms with Crippen LogP contribution in [0.4, 0.5) is 0 Å². The highest BCUT2D eigenvalue weighted by atomic mass is 28.5. The van der Waals surface area contributed by atoms with E-state index in [0.29, 0.717) is 18.0 Å². The van der Waals surface area contributed by atoms with Crippen LogP contribution in [0.25, 0.3) is 5.57 Å². The van der Waals surface area contributed by atoms with Gasteiger partial charge in [0.15, 0.2) is 5.78 Å². The molecule has 2 aromatic carbocycles. The Morgan fingerprint density at radius 2 is 1.07 bits per heavy atom. The number of carbonyl (C=O) groups excluding carboxylic acids is 1. The van der Waals surface area contributed by atoms with E-state index in [-0.39, 0.29) is 17.8 Å². The third kappa shape index (κ3) is 11.5. The van der Waals surface area contributed by atoms with E-state index >= 15 is 0 Å². The summed E-state index contributed by atoms with van der Waals surface area (Å²) in [5, 5.41) is 10.1. The first kappa shape index (κ1) is 40.0. The van der Waals surface area contributed by atoms with E-state index in [4.69, 9.17) is 38.9 Å². The average Bonchev–Trinajstić information content (AvgIpc) is 3.07. The van der Waals surface area contributed by atoms with E-state index in [1.54, 1.807) is 0 Å². The molecule has 2 rings (SSSR count). The summed E-state index contributed by atoms with van der Waals surface area (Å²) in [6, 6.07) is 21.9. The summed E-state index contributed by atoms with van der Waals surface area (Å²) >= 11 is 0. The third-order valence-corrected chi connectivity index (χ3v) is 20.9. The molecule has 254 valence electrons. The van der Waals surface area contributed by atoms with Gasteiger partial charge in [0.1, 0.15) is 11.6 Å². The number of Topliss-reactive ketones (excluding diaryl/α,β-unsaturated/α-hetero) is 1. The molecule has 0 amide bonds. The average molecular weight is 708 g/mol. The molecule has 46 heavy (non-hydrogen) atoms. The Kier molecular flexibility index (Phi) is 16.5. The van der Waals surface area contributed by atoms with Crippen LogP contribution in [0.2, 0.25) is 25.7 Å². The van der Waals surface area contributed by atoms with E-state index in [1.807, 2.05) is 80.3 Å². The minimum absolute atomic E-state index is 0.167. The van der Waals surface area contributed by atoms with Crippen LogP contribution in [0, 0.1) is 11.3 Å². The first-order valence-electron chi connectivity index (χ1n) is 15.1. The van der Waals surface area contributed by atoms with E-state index in [9.17, 15) is 10.1 Å². The molecule has 0 saturated carbocycles. The van der Waals surface area contributed by atoms with E-state index in [1.165, 1.54) is 42.7 Å². The lowest BCUT2D eigenvalue weighted by Crippen LogP contribution is -2.62. The number of hydrogen-bond donors (Lipinski definition) is 0. The zero-order chi connectivity index (χ0) is 34.3. The number of benzene rings is 2. The quantitative estimate of drug-likeness (QED) is 0.0610. The Balaban J connectivity index is 2.13. The molecule has 0 saturated heterocycles. The maximum absolute atomic E-state index is 13.4. The van der Waals surface area contributed by atoms with Crippen LogP contribution in [0.15, 0.2) is 66.2 Å². The SMILES string of the molecule is CO[Si](OC)(OC)O[Si](C)(C)O[Si](C)(CCCCCCC(=O)C(C#N)=C(c1ccccc1)c1ccccc1)O[Si](OC)(OC)OC. The molecule has 0 fully saturated rings. The van der Waals surface area contributed by atoms with Crippen LogP contribution in [-0.2, 0) is 43.7 Å².